The van der Waals surface area contributed by atoms with Crippen molar-refractivity contribution >= 4 is 16.7 Å². The number of aromatic nitrogens is 2. The number of aliphatic hydroxyl groups is 1. The smallest absolute Gasteiger partial charge is 0.135 e. The predicted molar refractivity (Wildman–Crippen MR) is 77.8 cm³/mol. The van der Waals surface area contributed by atoms with Gasteiger partial charge in [-0.05, 0) is 46.1 Å². The van der Waals surface area contributed by atoms with Gasteiger partial charge in [-0.2, -0.15) is 0 Å². The van der Waals surface area contributed by atoms with E-state index in [0.29, 0.717) is 11.5 Å². The highest BCUT2D eigenvalue weighted by Crippen LogP contribution is 2.23. The van der Waals surface area contributed by atoms with Crippen LogP contribution >= 0.6 is 0 Å². The third kappa shape index (κ3) is 2.57. The number of benzene rings is 1. The standard InChI is InChI=1S/C14H22N4O/c1-14(2,17(3)4)9-18-12-6-5-10(15)7-11(12)16-13(18)8-19/h5-7,19H,8-9,15H2,1-4H3. The fourth-order valence-corrected chi connectivity index (χ4v) is 2.02. The number of hydrogen-bond donors (Lipinski definition) is 2. The highest BCUT2D eigenvalue weighted by molar-refractivity contribution is 5.79. The zero-order valence-electron chi connectivity index (χ0n) is 12.0. The maximum Gasteiger partial charge on any atom is 0.135 e. The Kier molecular flexibility index (Phi) is 3.52. The van der Waals surface area contributed by atoms with Gasteiger partial charge in [0.05, 0.1) is 11.0 Å². The Morgan fingerprint density at radius 2 is 2.05 bits per heavy atom. The average molecular weight is 262 g/mol. The lowest BCUT2D eigenvalue weighted by Crippen LogP contribution is -2.42. The van der Waals surface area contributed by atoms with Crippen LogP contribution in [0.1, 0.15) is 19.7 Å². The minimum absolute atomic E-state index is 0.0288. The van der Waals surface area contributed by atoms with Gasteiger partial charge in [-0.3, -0.25) is 0 Å². The summed E-state index contributed by atoms with van der Waals surface area (Å²) in [7, 11) is 4.10. The van der Waals surface area contributed by atoms with Gasteiger partial charge >= 0.3 is 0 Å². The van der Waals surface area contributed by atoms with Crippen molar-refractivity contribution in [2.24, 2.45) is 0 Å². The van der Waals surface area contributed by atoms with Gasteiger partial charge in [-0.1, -0.05) is 0 Å². The summed E-state index contributed by atoms with van der Waals surface area (Å²) in [6.45, 7) is 5.02. The Labute approximate surface area is 113 Å². The number of hydrogen-bond acceptors (Lipinski definition) is 4. The molecule has 5 heteroatoms. The lowest BCUT2D eigenvalue weighted by Gasteiger charge is -2.33. The van der Waals surface area contributed by atoms with Gasteiger partial charge in [-0.25, -0.2) is 4.98 Å². The van der Waals surface area contributed by atoms with Crippen LogP contribution in [0, 0.1) is 0 Å². The molecule has 0 aliphatic carbocycles. The van der Waals surface area contributed by atoms with Gasteiger partial charge in [0.25, 0.3) is 0 Å². The van der Waals surface area contributed by atoms with Gasteiger partial charge in [-0.15, -0.1) is 0 Å². The highest BCUT2D eigenvalue weighted by Gasteiger charge is 2.23. The molecule has 0 saturated heterocycles. The van der Waals surface area contributed by atoms with Crippen molar-refractivity contribution in [2.75, 3.05) is 19.8 Å². The zero-order valence-corrected chi connectivity index (χ0v) is 12.0. The van der Waals surface area contributed by atoms with Crippen molar-refractivity contribution in [3.63, 3.8) is 0 Å². The normalized spacial score (nSPS) is 12.5. The van der Waals surface area contributed by atoms with Crippen molar-refractivity contribution in [1.29, 1.82) is 0 Å². The number of imidazole rings is 1. The molecule has 5 nitrogen and oxygen atoms in total. The Bertz CT molecular complexity index is 586. The van der Waals surface area contributed by atoms with E-state index in [0.717, 1.165) is 17.6 Å². The molecular formula is C14H22N4O. The topological polar surface area (TPSA) is 67.3 Å². The van der Waals surface area contributed by atoms with Crippen LogP contribution in [0.25, 0.3) is 11.0 Å². The van der Waals surface area contributed by atoms with Crippen LogP contribution in [0.3, 0.4) is 0 Å². The van der Waals surface area contributed by atoms with Crippen molar-refractivity contribution in [2.45, 2.75) is 32.5 Å². The van der Waals surface area contributed by atoms with Crippen LogP contribution in [0.4, 0.5) is 5.69 Å². The second-order valence-electron chi connectivity index (χ2n) is 5.73. The number of nitrogen functional groups attached to an aromatic ring is 1. The monoisotopic (exact) mass is 262 g/mol. The van der Waals surface area contributed by atoms with Crippen molar-refractivity contribution in [3.05, 3.63) is 24.0 Å². The number of nitrogens with two attached hydrogens (primary N) is 1. The third-order valence-corrected chi connectivity index (χ3v) is 3.75. The number of nitrogens with zero attached hydrogens (tertiary/aromatic N) is 3. The second-order valence-corrected chi connectivity index (χ2v) is 5.73. The molecule has 0 atom stereocenters. The van der Waals surface area contributed by atoms with Crippen LogP contribution in [0.15, 0.2) is 18.2 Å². The first-order valence-electron chi connectivity index (χ1n) is 6.38. The maximum absolute atomic E-state index is 9.50. The lowest BCUT2D eigenvalue weighted by molar-refractivity contribution is 0.165. The quantitative estimate of drug-likeness (QED) is 0.818. The lowest BCUT2D eigenvalue weighted by atomic mass is 10.0. The molecular weight excluding hydrogens is 240 g/mol. The molecule has 2 rings (SSSR count). The van der Waals surface area contributed by atoms with E-state index in [1.165, 1.54) is 0 Å². The van der Waals surface area contributed by atoms with E-state index in [-0.39, 0.29) is 12.1 Å². The molecule has 1 aromatic heterocycles. The summed E-state index contributed by atoms with van der Waals surface area (Å²) in [5, 5.41) is 9.50. The molecule has 19 heavy (non-hydrogen) atoms. The van der Waals surface area contributed by atoms with Crippen LogP contribution < -0.4 is 5.73 Å². The van der Waals surface area contributed by atoms with Crippen molar-refractivity contribution in [3.8, 4) is 0 Å². The predicted octanol–water partition coefficient (Wildman–Crippen LogP) is 1.45. The fourth-order valence-electron chi connectivity index (χ4n) is 2.02. The number of likely N-dealkylation sites (N-methyl/N-ethyl adjacent to an activating group) is 1. The van der Waals surface area contributed by atoms with Crippen LogP contribution in [-0.2, 0) is 13.2 Å². The summed E-state index contributed by atoms with van der Waals surface area (Å²) in [6.07, 6.45) is 0. The van der Waals surface area contributed by atoms with Crippen molar-refractivity contribution < 1.29 is 5.11 Å². The number of anilines is 1. The van der Waals surface area contributed by atoms with E-state index in [4.69, 9.17) is 5.73 Å². The fraction of sp³-hybridized carbons (Fsp3) is 0.500. The number of rotatable bonds is 4. The molecule has 0 aliphatic rings. The molecule has 1 heterocycles. The Hall–Kier alpha value is -1.59. The first kappa shape index (κ1) is 13.8. The second kappa shape index (κ2) is 4.83. The van der Waals surface area contributed by atoms with Crippen LogP contribution in [0.2, 0.25) is 0 Å². The third-order valence-electron chi connectivity index (χ3n) is 3.75. The summed E-state index contributed by atoms with van der Waals surface area (Å²) in [5.41, 5.74) is 8.28. The summed E-state index contributed by atoms with van der Waals surface area (Å²) >= 11 is 0. The maximum atomic E-state index is 9.50. The van der Waals surface area contributed by atoms with Crippen molar-refractivity contribution in [1.82, 2.24) is 14.5 Å². The first-order chi connectivity index (χ1) is 8.85. The van der Waals surface area contributed by atoms with E-state index in [1.54, 1.807) is 0 Å². The van der Waals surface area contributed by atoms with E-state index >= 15 is 0 Å². The van der Waals surface area contributed by atoms with Gasteiger partial charge < -0.3 is 20.3 Å². The largest absolute Gasteiger partial charge is 0.399 e. The van der Waals surface area contributed by atoms with Gasteiger partial charge in [0.2, 0.25) is 0 Å². The Balaban J connectivity index is 2.52. The molecule has 0 radical (unpaired) electrons. The van der Waals surface area contributed by atoms with E-state index < -0.39 is 0 Å². The summed E-state index contributed by atoms with van der Waals surface area (Å²) in [5.74, 6) is 0.676. The SMILES string of the molecule is CN(C)C(C)(C)Cn1c(CO)nc2cc(N)ccc21. The van der Waals surface area contributed by atoms with Crippen LogP contribution in [-0.4, -0.2) is 39.2 Å². The molecule has 0 saturated carbocycles. The van der Waals surface area contributed by atoms with Gasteiger partial charge in [0.1, 0.15) is 12.4 Å². The zero-order chi connectivity index (χ0) is 14.2. The van der Waals surface area contributed by atoms with Gasteiger partial charge in [0.15, 0.2) is 0 Å². The van der Waals surface area contributed by atoms with E-state index in [9.17, 15) is 5.11 Å². The summed E-state index contributed by atoms with van der Waals surface area (Å²) in [4.78, 5) is 6.61. The molecule has 0 aliphatic heterocycles. The molecule has 104 valence electrons. The van der Waals surface area contributed by atoms with E-state index in [1.807, 2.05) is 18.2 Å². The molecule has 0 amide bonds. The molecule has 0 unspecified atom stereocenters. The Morgan fingerprint density at radius 3 is 2.63 bits per heavy atom. The molecule has 3 N–H and O–H groups in total. The molecule has 0 spiro atoms. The molecule has 0 bridgehead atoms. The molecule has 1 aromatic carbocycles. The number of aliphatic hydroxyl groups excluding tert-OH is 1. The molecule has 2 aromatic rings. The minimum Gasteiger partial charge on any atom is -0.399 e. The highest BCUT2D eigenvalue weighted by atomic mass is 16.3. The average Bonchev–Trinajstić information content (AvgIpc) is 2.65. The van der Waals surface area contributed by atoms with Crippen LogP contribution in [0.5, 0.6) is 0 Å². The summed E-state index contributed by atoms with van der Waals surface area (Å²) in [6, 6.07) is 5.67. The van der Waals surface area contributed by atoms with E-state index in [2.05, 4.69) is 42.4 Å². The summed E-state index contributed by atoms with van der Waals surface area (Å²) < 4.78 is 2.06. The minimum atomic E-state index is -0.0713. The first-order valence-corrected chi connectivity index (χ1v) is 6.38. The number of fused-ring (bicyclic) bond motifs is 1. The van der Waals surface area contributed by atoms with Gasteiger partial charge in [0, 0.05) is 17.8 Å². The molecule has 0 fully saturated rings. The Morgan fingerprint density at radius 1 is 1.37 bits per heavy atom.